The highest BCUT2D eigenvalue weighted by atomic mass is 32.2. The molecule has 1 heterocycles. The number of rotatable bonds is 9. The first-order valence-corrected chi connectivity index (χ1v) is 10.9. The van der Waals surface area contributed by atoms with Crippen LogP contribution in [0.1, 0.15) is 30.1 Å². The molecule has 32 heavy (non-hydrogen) atoms. The number of benzene rings is 2. The summed E-state index contributed by atoms with van der Waals surface area (Å²) < 4.78 is 42.5. The van der Waals surface area contributed by atoms with Crippen LogP contribution in [0.15, 0.2) is 57.9 Å². The van der Waals surface area contributed by atoms with Crippen molar-refractivity contribution in [3.05, 3.63) is 60.0 Å². The molecule has 0 aliphatic heterocycles. The molecule has 0 aliphatic rings. The molecule has 0 amide bonds. The molecule has 1 aromatic heterocycles. The Morgan fingerprint density at radius 2 is 1.88 bits per heavy atom. The molecule has 168 valence electrons. The lowest BCUT2D eigenvalue weighted by atomic mass is 10.2. The van der Waals surface area contributed by atoms with Gasteiger partial charge in [-0.05, 0) is 38.1 Å². The molecular formula is C21H21N3O7S. The number of hydrogen-bond donors (Lipinski definition) is 1. The van der Waals surface area contributed by atoms with E-state index >= 15 is 0 Å². The molecule has 0 aliphatic carbocycles. The lowest BCUT2D eigenvalue weighted by molar-refractivity contribution is -0.147. The summed E-state index contributed by atoms with van der Waals surface area (Å²) in [5, 5.41) is 3.83. The number of methoxy groups -OCH3 is 1. The van der Waals surface area contributed by atoms with Gasteiger partial charge in [0.2, 0.25) is 15.8 Å². The van der Waals surface area contributed by atoms with Crippen LogP contribution in [0.25, 0.3) is 11.4 Å². The van der Waals surface area contributed by atoms with E-state index in [0.29, 0.717) is 16.9 Å². The molecule has 0 fully saturated rings. The predicted octanol–water partition coefficient (Wildman–Crippen LogP) is 2.36. The minimum atomic E-state index is -3.99. The van der Waals surface area contributed by atoms with Gasteiger partial charge in [0.05, 0.1) is 12.0 Å². The van der Waals surface area contributed by atoms with E-state index in [2.05, 4.69) is 14.9 Å². The second-order valence-electron chi connectivity index (χ2n) is 6.77. The molecule has 3 aromatic rings. The number of nitrogens with one attached hydrogen (secondary N) is 1. The Balaban J connectivity index is 1.59. The standard InChI is InChI=1S/C21H21N3O7S/c1-13(24-32(27,28)18-9-7-15(8-10-18)14(2)25)21(26)30-12-19-22-20(23-31-19)16-5-4-6-17(11-16)29-3/h4-11,13,24H,12H2,1-3H3. The van der Waals surface area contributed by atoms with Gasteiger partial charge in [-0.1, -0.05) is 29.4 Å². The highest BCUT2D eigenvalue weighted by Crippen LogP contribution is 2.21. The van der Waals surface area contributed by atoms with Crippen molar-refractivity contribution in [2.45, 2.75) is 31.4 Å². The van der Waals surface area contributed by atoms with E-state index in [1.165, 1.54) is 45.2 Å². The number of carbonyl (C=O) groups is 2. The zero-order chi connectivity index (χ0) is 23.3. The van der Waals surface area contributed by atoms with Gasteiger partial charge in [0.25, 0.3) is 5.89 Å². The average Bonchev–Trinajstić information content (AvgIpc) is 3.26. The van der Waals surface area contributed by atoms with Crippen LogP contribution < -0.4 is 9.46 Å². The zero-order valence-corrected chi connectivity index (χ0v) is 18.4. The highest BCUT2D eigenvalue weighted by molar-refractivity contribution is 7.89. The molecule has 1 unspecified atom stereocenters. The van der Waals surface area contributed by atoms with Crippen LogP contribution in [-0.2, 0) is 26.2 Å². The zero-order valence-electron chi connectivity index (χ0n) is 17.6. The van der Waals surface area contributed by atoms with E-state index in [1.807, 2.05) is 0 Å². The maximum absolute atomic E-state index is 12.5. The van der Waals surface area contributed by atoms with Crippen LogP contribution in [0.5, 0.6) is 5.75 Å². The minimum Gasteiger partial charge on any atom is -0.497 e. The smallest absolute Gasteiger partial charge is 0.324 e. The van der Waals surface area contributed by atoms with Gasteiger partial charge in [-0.25, -0.2) is 8.42 Å². The Kier molecular flexibility index (Phi) is 7.01. The fourth-order valence-electron chi connectivity index (χ4n) is 2.67. The van der Waals surface area contributed by atoms with Crippen LogP contribution in [0.2, 0.25) is 0 Å². The van der Waals surface area contributed by atoms with Gasteiger partial charge in [0, 0.05) is 11.1 Å². The topological polar surface area (TPSA) is 138 Å². The average molecular weight is 459 g/mol. The molecule has 0 bridgehead atoms. The van der Waals surface area contributed by atoms with Crippen LogP contribution in [0.4, 0.5) is 0 Å². The number of hydrogen-bond acceptors (Lipinski definition) is 9. The van der Waals surface area contributed by atoms with Crippen molar-refractivity contribution in [3.8, 4) is 17.1 Å². The number of nitrogens with zero attached hydrogens (tertiary/aromatic N) is 2. The Hall–Kier alpha value is -3.57. The van der Waals surface area contributed by atoms with E-state index in [9.17, 15) is 18.0 Å². The summed E-state index contributed by atoms with van der Waals surface area (Å²) in [6.45, 7) is 2.40. The first kappa shape index (κ1) is 23.1. The first-order valence-electron chi connectivity index (χ1n) is 9.46. The number of ketones is 1. The molecule has 10 nitrogen and oxygen atoms in total. The summed E-state index contributed by atoms with van der Waals surface area (Å²) in [5.41, 5.74) is 1.03. The fourth-order valence-corrected chi connectivity index (χ4v) is 3.86. The maximum atomic E-state index is 12.5. The molecular weight excluding hydrogens is 438 g/mol. The summed E-state index contributed by atoms with van der Waals surface area (Å²) in [7, 11) is -2.46. The van der Waals surface area contributed by atoms with Crippen LogP contribution in [-0.4, -0.2) is 43.5 Å². The summed E-state index contributed by atoms with van der Waals surface area (Å²) in [6, 6.07) is 11.2. The van der Waals surface area contributed by atoms with Crippen molar-refractivity contribution in [3.63, 3.8) is 0 Å². The van der Waals surface area contributed by atoms with E-state index in [-0.39, 0.29) is 29.0 Å². The third-order valence-corrected chi connectivity index (χ3v) is 5.95. The highest BCUT2D eigenvalue weighted by Gasteiger charge is 2.24. The van der Waals surface area contributed by atoms with Gasteiger partial charge < -0.3 is 14.0 Å². The van der Waals surface area contributed by atoms with Gasteiger partial charge in [0.1, 0.15) is 11.8 Å². The van der Waals surface area contributed by atoms with Crippen molar-refractivity contribution in [1.82, 2.24) is 14.9 Å². The summed E-state index contributed by atoms with van der Waals surface area (Å²) >= 11 is 0. The van der Waals surface area contributed by atoms with Gasteiger partial charge in [0.15, 0.2) is 12.4 Å². The van der Waals surface area contributed by atoms with Crippen molar-refractivity contribution >= 4 is 21.8 Å². The molecule has 1 atom stereocenters. The molecule has 1 N–H and O–H groups in total. The molecule has 3 rings (SSSR count). The van der Waals surface area contributed by atoms with Gasteiger partial charge >= 0.3 is 5.97 Å². The van der Waals surface area contributed by atoms with Crippen molar-refractivity contribution in [1.29, 1.82) is 0 Å². The van der Waals surface area contributed by atoms with Crippen LogP contribution >= 0.6 is 0 Å². The summed E-state index contributed by atoms with van der Waals surface area (Å²) in [6.07, 6.45) is 0. The molecule has 0 saturated carbocycles. The van der Waals surface area contributed by atoms with Gasteiger partial charge in [-0.3, -0.25) is 9.59 Å². The van der Waals surface area contributed by atoms with E-state index < -0.39 is 22.0 Å². The second kappa shape index (κ2) is 9.71. The molecule has 0 radical (unpaired) electrons. The van der Waals surface area contributed by atoms with E-state index in [1.54, 1.807) is 24.3 Å². The lowest BCUT2D eigenvalue weighted by Gasteiger charge is -2.13. The summed E-state index contributed by atoms with van der Waals surface area (Å²) in [4.78, 5) is 27.6. The molecule has 2 aromatic carbocycles. The second-order valence-corrected chi connectivity index (χ2v) is 8.49. The monoisotopic (exact) mass is 459 g/mol. The van der Waals surface area contributed by atoms with Crippen LogP contribution in [0.3, 0.4) is 0 Å². The van der Waals surface area contributed by atoms with Crippen molar-refractivity contribution in [2.24, 2.45) is 0 Å². The molecule has 0 spiro atoms. The maximum Gasteiger partial charge on any atom is 0.324 e. The largest absolute Gasteiger partial charge is 0.497 e. The minimum absolute atomic E-state index is 0.0473. The van der Waals surface area contributed by atoms with Gasteiger partial charge in [-0.15, -0.1) is 0 Å². The van der Waals surface area contributed by atoms with E-state index in [4.69, 9.17) is 14.0 Å². The quantitative estimate of drug-likeness (QED) is 0.377. The Morgan fingerprint density at radius 1 is 1.16 bits per heavy atom. The number of carbonyl (C=O) groups excluding carboxylic acids is 2. The number of esters is 1. The number of sulfonamides is 1. The first-order chi connectivity index (χ1) is 15.2. The SMILES string of the molecule is COc1cccc(-c2noc(COC(=O)C(C)NS(=O)(=O)c3ccc(C(C)=O)cc3)n2)c1. The number of ether oxygens (including phenoxy) is 2. The number of aromatic nitrogens is 2. The number of Topliss-reactive ketones (excluding diaryl/α,β-unsaturated/α-hetero) is 1. The molecule has 11 heteroatoms. The Labute approximate surface area is 184 Å². The summed E-state index contributed by atoms with van der Waals surface area (Å²) in [5.74, 6) is -0.0504. The van der Waals surface area contributed by atoms with Gasteiger partial charge in [-0.2, -0.15) is 9.71 Å². The van der Waals surface area contributed by atoms with E-state index in [0.717, 1.165) is 0 Å². The third kappa shape index (κ3) is 5.56. The molecule has 0 saturated heterocycles. The normalized spacial score (nSPS) is 12.2. The Bertz CT molecular complexity index is 1220. The predicted molar refractivity (Wildman–Crippen MR) is 112 cm³/mol. The van der Waals surface area contributed by atoms with Crippen LogP contribution in [0, 0.1) is 0 Å². The van der Waals surface area contributed by atoms with Crippen molar-refractivity contribution in [2.75, 3.05) is 7.11 Å². The lowest BCUT2D eigenvalue weighted by Crippen LogP contribution is -2.39. The third-order valence-electron chi connectivity index (χ3n) is 4.39. The Morgan fingerprint density at radius 3 is 2.53 bits per heavy atom. The fraction of sp³-hybridized carbons (Fsp3) is 0.238. The van der Waals surface area contributed by atoms with Crippen molar-refractivity contribution < 1.29 is 32.0 Å².